The second-order valence-electron chi connectivity index (χ2n) is 5.60. The zero-order valence-corrected chi connectivity index (χ0v) is 13.7. The third kappa shape index (κ3) is 3.23. The van der Waals surface area contributed by atoms with Crippen molar-refractivity contribution in [1.82, 2.24) is 19.8 Å². The largest absolute Gasteiger partial charge is 0.260 e. The molecule has 0 amide bonds. The van der Waals surface area contributed by atoms with E-state index in [9.17, 15) is 0 Å². The molecule has 4 aromatic rings. The van der Waals surface area contributed by atoms with Crippen molar-refractivity contribution in [3.63, 3.8) is 0 Å². The van der Waals surface area contributed by atoms with Gasteiger partial charge in [0.15, 0.2) is 11.5 Å². The molecule has 25 heavy (non-hydrogen) atoms. The molecule has 0 radical (unpaired) electrons. The van der Waals surface area contributed by atoms with Crippen molar-refractivity contribution in [2.75, 3.05) is 5.43 Å². The lowest BCUT2D eigenvalue weighted by atomic mass is 10.0. The zero-order valence-electron chi connectivity index (χ0n) is 13.7. The molecule has 6 nitrogen and oxygen atoms in total. The first-order valence-corrected chi connectivity index (χ1v) is 7.93. The number of nitrogens with one attached hydrogen (secondary N) is 1. The Morgan fingerprint density at radius 1 is 0.920 bits per heavy atom. The Balaban J connectivity index is 1.51. The van der Waals surface area contributed by atoms with Gasteiger partial charge >= 0.3 is 0 Å². The molecule has 0 aliphatic rings. The lowest BCUT2D eigenvalue weighted by Gasteiger charge is -2.05. The number of fused-ring (bicyclic) bond motifs is 1. The normalized spacial score (nSPS) is 11.6. The Kier molecular flexibility index (Phi) is 3.92. The summed E-state index contributed by atoms with van der Waals surface area (Å²) >= 11 is 0. The van der Waals surface area contributed by atoms with Gasteiger partial charge in [-0.25, -0.2) is 0 Å². The van der Waals surface area contributed by atoms with Crippen LogP contribution in [0.4, 0.5) is 5.82 Å². The van der Waals surface area contributed by atoms with Crippen LogP contribution < -0.4 is 5.43 Å². The van der Waals surface area contributed by atoms with Crippen molar-refractivity contribution < 1.29 is 0 Å². The van der Waals surface area contributed by atoms with E-state index in [0.717, 1.165) is 11.3 Å². The molecule has 2 aromatic carbocycles. The molecular weight excluding hydrogens is 312 g/mol. The molecule has 0 spiro atoms. The maximum absolute atomic E-state index is 4.41. The molecule has 0 bridgehead atoms. The minimum Gasteiger partial charge on any atom is -0.260 e. The molecule has 0 aliphatic carbocycles. The summed E-state index contributed by atoms with van der Waals surface area (Å²) in [5, 5.41) is 16.5. The summed E-state index contributed by atoms with van der Waals surface area (Å²) in [5.74, 6) is 0.632. The van der Waals surface area contributed by atoms with Gasteiger partial charge in [0.1, 0.15) is 6.33 Å². The summed E-state index contributed by atoms with van der Waals surface area (Å²) in [4.78, 5) is 0. The number of hydrogen-bond donors (Lipinski definition) is 1. The molecule has 6 heteroatoms. The van der Waals surface area contributed by atoms with Crippen LogP contribution >= 0.6 is 0 Å². The summed E-state index contributed by atoms with van der Waals surface area (Å²) in [6.45, 7) is 1.96. The average molecular weight is 328 g/mol. The highest BCUT2D eigenvalue weighted by Gasteiger charge is 2.02. The fourth-order valence-electron chi connectivity index (χ4n) is 2.53. The molecule has 2 aromatic heterocycles. The molecule has 122 valence electrons. The summed E-state index contributed by atoms with van der Waals surface area (Å²) < 4.78 is 1.60. The van der Waals surface area contributed by atoms with Crippen molar-refractivity contribution >= 4 is 17.2 Å². The minimum absolute atomic E-state index is 0.632. The van der Waals surface area contributed by atoms with Crippen LogP contribution in [-0.4, -0.2) is 25.5 Å². The maximum Gasteiger partial charge on any atom is 0.177 e. The third-order valence-electron chi connectivity index (χ3n) is 3.91. The quantitative estimate of drug-likeness (QED) is 0.459. The number of hydrazone groups is 1. The van der Waals surface area contributed by atoms with Gasteiger partial charge in [-0.1, -0.05) is 54.6 Å². The highest BCUT2D eigenvalue weighted by atomic mass is 15.4. The summed E-state index contributed by atoms with van der Waals surface area (Å²) in [7, 11) is 0. The fraction of sp³-hybridized carbons (Fsp3) is 0.0526. The Morgan fingerprint density at radius 3 is 2.48 bits per heavy atom. The van der Waals surface area contributed by atoms with Crippen LogP contribution in [-0.2, 0) is 0 Å². The predicted octanol–water partition coefficient (Wildman–Crippen LogP) is 3.63. The number of hydrogen-bond acceptors (Lipinski definition) is 5. The smallest absolute Gasteiger partial charge is 0.177 e. The van der Waals surface area contributed by atoms with Crippen LogP contribution in [0.5, 0.6) is 0 Å². The van der Waals surface area contributed by atoms with Crippen molar-refractivity contribution in [3.8, 4) is 11.1 Å². The number of rotatable bonds is 4. The molecule has 0 aliphatic heterocycles. The van der Waals surface area contributed by atoms with Gasteiger partial charge in [0, 0.05) is 0 Å². The van der Waals surface area contributed by atoms with Crippen LogP contribution in [0.3, 0.4) is 0 Å². The highest BCUT2D eigenvalue weighted by molar-refractivity contribution is 5.99. The van der Waals surface area contributed by atoms with Gasteiger partial charge in [-0.15, -0.1) is 15.3 Å². The molecule has 0 saturated carbocycles. The third-order valence-corrected chi connectivity index (χ3v) is 3.91. The van der Waals surface area contributed by atoms with E-state index in [1.807, 2.05) is 37.3 Å². The van der Waals surface area contributed by atoms with Gasteiger partial charge in [0.25, 0.3) is 0 Å². The van der Waals surface area contributed by atoms with Gasteiger partial charge in [-0.2, -0.15) is 9.62 Å². The van der Waals surface area contributed by atoms with Gasteiger partial charge < -0.3 is 0 Å². The van der Waals surface area contributed by atoms with E-state index < -0.39 is 0 Å². The molecule has 0 atom stereocenters. The Hall–Kier alpha value is -3.54. The first-order chi connectivity index (χ1) is 12.3. The lowest BCUT2D eigenvalue weighted by molar-refractivity contribution is 0.924. The van der Waals surface area contributed by atoms with Crippen molar-refractivity contribution in [1.29, 1.82) is 0 Å². The Labute approximate surface area is 144 Å². The number of anilines is 1. The number of nitrogens with zero attached hydrogens (tertiary/aromatic N) is 5. The van der Waals surface area contributed by atoms with Crippen LogP contribution in [0.25, 0.3) is 16.8 Å². The second-order valence-corrected chi connectivity index (χ2v) is 5.60. The van der Waals surface area contributed by atoms with E-state index in [0.29, 0.717) is 11.5 Å². The molecule has 0 fully saturated rings. The molecule has 2 heterocycles. The van der Waals surface area contributed by atoms with Gasteiger partial charge in [0.05, 0.1) is 5.71 Å². The second kappa shape index (κ2) is 6.52. The maximum atomic E-state index is 4.41. The van der Waals surface area contributed by atoms with Crippen molar-refractivity contribution in [2.45, 2.75) is 6.92 Å². The zero-order chi connectivity index (χ0) is 17.1. The SMILES string of the molecule is C/C(=N\Nc1ccc2nncn2n1)c1ccc(-c2ccccc2)cc1. The average Bonchev–Trinajstić information content (AvgIpc) is 3.15. The van der Waals surface area contributed by atoms with E-state index in [1.165, 1.54) is 11.1 Å². The minimum atomic E-state index is 0.632. The first kappa shape index (κ1) is 15.0. The summed E-state index contributed by atoms with van der Waals surface area (Å²) in [6, 6.07) is 22.3. The monoisotopic (exact) mass is 328 g/mol. The van der Waals surface area contributed by atoms with E-state index >= 15 is 0 Å². The van der Waals surface area contributed by atoms with Crippen LogP contribution in [0.2, 0.25) is 0 Å². The van der Waals surface area contributed by atoms with Crippen molar-refractivity contribution in [3.05, 3.63) is 78.6 Å². The van der Waals surface area contributed by atoms with Gasteiger partial charge in [0.2, 0.25) is 0 Å². The Morgan fingerprint density at radius 2 is 1.68 bits per heavy atom. The van der Waals surface area contributed by atoms with E-state index in [2.05, 4.69) is 62.2 Å². The molecule has 0 saturated heterocycles. The van der Waals surface area contributed by atoms with Crippen LogP contribution in [0.15, 0.2) is 78.2 Å². The van der Waals surface area contributed by atoms with E-state index in [-0.39, 0.29) is 0 Å². The predicted molar refractivity (Wildman–Crippen MR) is 98.5 cm³/mol. The lowest BCUT2D eigenvalue weighted by Crippen LogP contribution is -2.02. The highest BCUT2D eigenvalue weighted by Crippen LogP contribution is 2.19. The van der Waals surface area contributed by atoms with Crippen LogP contribution in [0.1, 0.15) is 12.5 Å². The molecule has 0 unspecified atom stereocenters. The van der Waals surface area contributed by atoms with E-state index in [4.69, 9.17) is 0 Å². The van der Waals surface area contributed by atoms with Crippen LogP contribution in [0, 0.1) is 0 Å². The molecular formula is C19H16N6. The number of aromatic nitrogens is 4. The topological polar surface area (TPSA) is 67.5 Å². The van der Waals surface area contributed by atoms with Crippen molar-refractivity contribution in [2.24, 2.45) is 5.10 Å². The first-order valence-electron chi connectivity index (χ1n) is 7.93. The van der Waals surface area contributed by atoms with Gasteiger partial charge in [-0.3, -0.25) is 5.43 Å². The van der Waals surface area contributed by atoms with Gasteiger partial charge in [-0.05, 0) is 35.7 Å². The van der Waals surface area contributed by atoms with E-state index in [1.54, 1.807) is 10.8 Å². The molecule has 4 rings (SSSR count). The molecule has 1 N–H and O–H groups in total. The fourth-order valence-corrected chi connectivity index (χ4v) is 2.53. The Bertz CT molecular complexity index is 1020. The summed E-state index contributed by atoms with van der Waals surface area (Å²) in [6.07, 6.45) is 1.55. The number of benzene rings is 2. The summed E-state index contributed by atoms with van der Waals surface area (Å²) in [5.41, 5.74) is 7.99. The standard InChI is InChI=1S/C19H16N6/c1-14(21-22-18-11-12-19-23-20-13-25(19)24-18)15-7-9-17(10-8-15)16-5-3-2-4-6-16/h2-13H,1H3,(H,22,24)/b21-14+.